The maximum Gasteiger partial charge on any atom is 0.419 e. The maximum absolute atomic E-state index is 13.2. The summed E-state index contributed by atoms with van der Waals surface area (Å²) < 4.78 is 54.6. The van der Waals surface area contributed by atoms with Crippen molar-refractivity contribution in [2.24, 2.45) is 0 Å². The van der Waals surface area contributed by atoms with Crippen molar-refractivity contribution in [3.05, 3.63) is 53.1 Å². The van der Waals surface area contributed by atoms with Gasteiger partial charge in [0.25, 0.3) is 0 Å². The summed E-state index contributed by atoms with van der Waals surface area (Å²) in [6.07, 6.45) is -4.54. The van der Waals surface area contributed by atoms with E-state index in [2.05, 4.69) is 5.32 Å². The predicted molar refractivity (Wildman–Crippen MR) is 94.4 cm³/mol. The Labute approximate surface area is 155 Å². The molecular weight excluding hydrogens is 363 g/mol. The van der Waals surface area contributed by atoms with Gasteiger partial charge in [0, 0.05) is 11.3 Å². The lowest BCUT2D eigenvalue weighted by molar-refractivity contribution is -0.138. The topological polar surface area (TPSA) is 56.8 Å². The second kappa shape index (κ2) is 8.20. The maximum atomic E-state index is 13.2. The molecular formula is C19H20F3NO4. The van der Waals surface area contributed by atoms with E-state index < -0.39 is 23.8 Å². The average Bonchev–Trinajstić information content (AvgIpc) is 2.66. The normalized spacial score (nSPS) is 12.3. The number of alkyl halides is 3. The molecule has 0 fully saturated rings. The summed E-state index contributed by atoms with van der Waals surface area (Å²) in [7, 11) is 3.89. The second-order valence-electron chi connectivity index (χ2n) is 5.69. The largest absolute Gasteiger partial charge is 0.497 e. The molecule has 0 aliphatic heterocycles. The first kappa shape index (κ1) is 20.4. The number of nitrogens with one attached hydrogen (secondary N) is 1. The van der Waals surface area contributed by atoms with E-state index in [0.717, 1.165) is 6.07 Å². The third-order valence-electron chi connectivity index (χ3n) is 4.03. The van der Waals surface area contributed by atoms with Gasteiger partial charge in [-0.25, -0.2) is 4.79 Å². The van der Waals surface area contributed by atoms with E-state index in [4.69, 9.17) is 14.2 Å². The van der Waals surface area contributed by atoms with Crippen LogP contribution in [0.2, 0.25) is 0 Å². The molecule has 0 amide bonds. The molecule has 5 nitrogen and oxygen atoms in total. The smallest absolute Gasteiger partial charge is 0.419 e. The summed E-state index contributed by atoms with van der Waals surface area (Å²) in [6.45, 7) is 1.67. The molecule has 0 saturated heterocycles. The molecule has 2 rings (SSSR count). The van der Waals surface area contributed by atoms with Crippen LogP contribution in [0.4, 0.5) is 18.9 Å². The van der Waals surface area contributed by atoms with Crippen LogP contribution in [0, 0.1) is 0 Å². The minimum Gasteiger partial charge on any atom is -0.497 e. The number of anilines is 1. The van der Waals surface area contributed by atoms with E-state index in [0.29, 0.717) is 17.0 Å². The van der Waals surface area contributed by atoms with Gasteiger partial charge in [0.15, 0.2) is 0 Å². The van der Waals surface area contributed by atoms with Crippen molar-refractivity contribution in [1.82, 2.24) is 0 Å². The molecule has 1 unspecified atom stereocenters. The Bertz CT molecular complexity index is 821. The van der Waals surface area contributed by atoms with Crippen LogP contribution in [0.15, 0.2) is 36.4 Å². The van der Waals surface area contributed by atoms with Crippen LogP contribution in [0.3, 0.4) is 0 Å². The molecule has 2 aromatic rings. The lowest BCUT2D eigenvalue weighted by atomic mass is 10.0. The summed E-state index contributed by atoms with van der Waals surface area (Å²) in [5, 5.41) is 3.04. The highest BCUT2D eigenvalue weighted by Crippen LogP contribution is 2.40. The number of rotatable bonds is 6. The molecule has 1 atom stereocenters. The van der Waals surface area contributed by atoms with Crippen LogP contribution in [0.25, 0.3) is 0 Å². The molecule has 1 N–H and O–H groups in total. The van der Waals surface area contributed by atoms with Crippen molar-refractivity contribution in [2.75, 3.05) is 26.6 Å². The Morgan fingerprint density at radius 3 is 2.33 bits per heavy atom. The van der Waals surface area contributed by atoms with Gasteiger partial charge in [-0.1, -0.05) is 12.1 Å². The van der Waals surface area contributed by atoms with Gasteiger partial charge in [-0.3, -0.25) is 0 Å². The number of esters is 1. The van der Waals surface area contributed by atoms with Crippen LogP contribution < -0.4 is 14.8 Å². The van der Waals surface area contributed by atoms with E-state index in [1.54, 1.807) is 19.1 Å². The van der Waals surface area contributed by atoms with E-state index in [1.807, 2.05) is 0 Å². The SMILES string of the molecule is COC(=O)c1cc(OC)ccc1NC(C)c1cccc(C(F)(F)F)c1OC. The molecule has 0 aromatic heterocycles. The Kier molecular flexibility index (Phi) is 6.20. The Morgan fingerprint density at radius 1 is 1.07 bits per heavy atom. The van der Waals surface area contributed by atoms with Crippen LogP contribution in [0.1, 0.15) is 34.5 Å². The highest BCUT2D eigenvalue weighted by molar-refractivity contribution is 5.96. The van der Waals surface area contributed by atoms with Gasteiger partial charge < -0.3 is 19.5 Å². The van der Waals surface area contributed by atoms with Gasteiger partial charge in [-0.15, -0.1) is 0 Å². The molecule has 0 spiro atoms. The van der Waals surface area contributed by atoms with Gasteiger partial charge in [0.05, 0.1) is 38.5 Å². The molecule has 2 aromatic carbocycles. The van der Waals surface area contributed by atoms with E-state index in [-0.39, 0.29) is 11.3 Å². The van der Waals surface area contributed by atoms with Crippen molar-refractivity contribution in [1.29, 1.82) is 0 Å². The van der Waals surface area contributed by atoms with Gasteiger partial charge in [-0.05, 0) is 31.2 Å². The van der Waals surface area contributed by atoms with Crippen LogP contribution in [0.5, 0.6) is 11.5 Å². The predicted octanol–water partition coefficient (Wildman–Crippen LogP) is 4.68. The number of benzene rings is 2. The summed E-state index contributed by atoms with van der Waals surface area (Å²) in [5.41, 5.74) is 0.0438. The average molecular weight is 383 g/mol. The number of hydrogen-bond donors (Lipinski definition) is 1. The number of halogens is 3. The summed E-state index contributed by atoms with van der Waals surface area (Å²) in [6, 6.07) is 7.94. The van der Waals surface area contributed by atoms with Crippen LogP contribution >= 0.6 is 0 Å². The first-order chi connectivity index (χ1) is 12.7. The van der Waals surface area contributed by atoms with Crippen molar-refractivity contribution in [3.63, 3.8) is 0 Å². The Hall–Kier alpha value is -2.90. The van der Waals surface area contributed by atoms with E-state index >= 15 is 0 Å². The van der Waals surface area contributed by atoms with Crippen molar-refractivity contribution < 1.29 is 32.2 Å². The van der Waals surface area contributed by atoms with Crippen molar-refractivity contribution in [2.45, 2.75) is 19.1 Å². The summed E-state index contributed by atoms with van der Waals surface area (Å²) in [4.78, 5) is 12.0. The number of para-hydroxylation sites is 1. The van der Waals surface area contributed by atoms with Crippen molar-refractivity contribution >= 4 is 11.7 Å². The number of ether oxygens (including phenoxy) is 3. The zero-order chi connectivity index (χ0) is 20.2. The minimum atomic E-state index is -4.54. The lowest BCUT2D eigenvalue weighted by Crippen LogP contribution is -2.15. The fourth-order valence-corrected chi connectivity index (χ4v) is 2.71. The summed E-state index contributed by atoms with van der Waals surface area (Å²) >= 11 is 0. The third-order valence-corrected chi connectivity index (χ3v) is 4.03. The van der Waals surface area contributed by atoms with Crippen molar-refractivity contribution in [3.8, 4) is 11.5 Å². The van der Waals surface area contributed by atoms with Gasteiger partial charge in [0.1, 0.15) is 11.5 Å². The van der Waals surface area contributed by atoms with Gasteiger partial charge >= 0.3 is 12.1 Å². The van der Waals surface area contributed by atoms with E-state index in [9.17, 15) is 18.0 Å². The molecule has 0 bridgehead atoms. The highest BCUT2D eigenvalue weighted by atomic mass is 19.4. The van der Waals surface area contributed by atoms with Gasteiger partial charge in [-0.2, -0.15) is 13.2 Å². The molecule has 27 heavy (non-hydrogen) atoms. The molecule has 146 valence electrons. The van der Waals surface area contributed by atoms with Crippen LogP contribution in [-0.2, 0) is 10.9 Å². The first-order valence-electron chi connectivity index (χ1n) is 7.99. The standard InChI is InChI=1S/C19H20F3NO4/c1-11(13-6-5-7-15(17(13)26-3)19(20,21)22)23-16-9-8-12(25-2)10-14(16)18(24)27-4/h5-11,23H,1-4H3. The first-order valence-corrected chi connectivity index (χ1v) is 7.99. The van der Waals surface area contributed by atoms with Crippen LogP contribution in [-0.4, -0.2) is 27.3 Å². The third kappa shape index (κ3) is 4.45. The molecule has 0 aliphatic rings. The molecule has 0 saturated carbocycles. The fraction of sp³-hybridized carbons (Fsp3) is 0.316. The zero-order valence-corrected chi connectivity index (χ0v) is 15.3. The number of carbonyl (C=O) groups is 1. The number of methoxy groups -OCH3 is 3. The monoisotopic (exact) mass is 383 g/mol. The summed E-state index contributed by atoms with van der Waals surface area (Å²) in [5.74, 6) is -0.414. The Morgan fingerprint density at radius 2 is 1.78 bits per heavy atom. The number of hydrogen-bond acceptors (Lipinski definition) is 5. The highest BCUT2D eigenvalue weighted by Gasteiger charge is 2.35. The molecule has 0 aliphatic carbocycles. The fourth-order valence-electron chi connectivity index (χ4n) is 2.71. The Balaban J connectivity index is 2.44. The zero-order valence-electron chi connectivity index (χ0n) is 15.3. The quantitative estimate of drug-likeness (QED) is 0.734. The lowest BCUT2D eigenvalue weighted by Gasteiger charge is -2.22. The second-order valence-corrected chi connectivity index (χ2v) is 5.69. The molecule has 0 heterocycles. The van der Waals surface area contributed by atoms with E-state index in [1.165, 1.54) is 39.5 Å². The molecule has 8 heteroatoms. The number of carbonyl (C=O) groups excluding carboxylic acids is 1. The minimum absolute atomic E-state index is 0.203. The molecule has 0 radical (unpaired) electrons. The van der Waals surface area contributed by atoms with Gasteiger partial charge in [0.2, 0.25) is 0 Å².